The first-order valence-corrected chi connectivity index (χ1v) is 21.1. The zero-order chi connectivity index (χ0) is 41.1. The largest absolute Gasteiger partial charge is 0.310 e. The Morgan fingerprint density at radius 2 is 0.887 bits per heavy atom. The molecular formula is C59H37N3. The Labute approximate surface area is 359 Å². The lowest BCUT2D eigenvalue weighted by Crippen LogP contribution is -2.10. The van der Waals surface area contributed by atoms with E-state index in [9.17, 15) is 5.26 Å². The summed E-state index contributed by atoms with van der Waals surface area (Å²) in [7, 11) is 0. The van der Waals surface area contributed by atoms with Crippen molar-refractivity contribution in [3.05, 3.63) is 230 Å². The maximum absolute atomic E-state index is 9.72. The Balaban J connectivity index is 1.14. The monoisotopic (exact) mass is 787 g/mol. The second-order valence-corrected chi connectivity index (χ2v) is 16.0. The summed E-state index contributed by atoms with van der Waals surface area (Å²) < 4.78 is 2.39. The number of hydrogen-bond donors (Lipinski definition) is 0. The van der Waals surface area contributed by atoms with Crippen molar-refractivity contribution in [1.82, 2.24) is 4.57 Å². The third-order valence-electron chi connectivity index (χ3n) is 12.6. The molecule has 0 unspecified atom stereocenters. The molecule has 12 aromatic rings. The van der Waals surface area contributed by atoms with Crippen LogP contribution >= 0.6 is 0 Å². The highest BCUT2D eigenvalue weighted by atomic mass is 15.1. The minimum atomic E-state index is 0.630. The van der Waals surface area contributed by atoms with Gasteiger partial charge in [-0.3, -0.25) is 0 Å². The molecule has 0 aliphatic rings. The molecule has 0 amide bonds. The number of rotatable bonds is 6. The molecule has 1 aromatic heterocycles. The van der Waals surface area contributed by atoms with Crippen LogP contribution in [-0.2, 0) is 0 Å². The van der Waals surface area contributed by atoms with Crippen LogP contribution in [0.1, 0.15) is 5.56 Å². The quantitative estimate of drug-likeness (QED) is 0.157. The van der Waals surface area contributed by atoms with Gasteiger partial charge in [0.05, 0.1) is 28.4 Å². The van der Waals surface area contributed by atoms with Gasteiger partial charge in [0.1, 0.15) is 0 Å². The van der Waals surface area contributed by atoms with E-state index in [4.69, 9.17) is 0 Å². The average molecular weight is 788 g/mol. The number of hydrogen-bond acceptors (Lipinski definition) is 2. The number of fused-ring (bicyclic) bond motifs is 7. The van der Waals surface area contributed by atoms with Crippen LogP contribution in [0.2, 0.25) is 0 Å². The van der Waals surface area contributed by atoms with E-state index in [1.807, 2.05) is 24.3 Å². The second kappa shape index (κ2) is 14.4. The van der Waals surface area contributed by atoms with Gasteiger partial charge >= 0.3 is 0 Å². The predicted molar refractivity (Wildman–Crippen MR) is 261 cm³/mol. The van der Waals surface area contributed by atoms with Crippen molar-refractivity contribution in [2.24, 2.45) is 0 Å². The Kier molecular flexibility index (Phi) is 8.23. The fourth-order valence-electron chi connectivity index (χ4n) is 9.85. The van der Waals surface area contributed by atoms with Gasteiger partial charge in [0.15, 0.2) is 0 Å². The Morgan fingerprint density at radius 1 is 0.371 bits per heavy atom. The van der Waals surface area contributed by atoms with Crippen LogP contribution < -0.4 is 4.90 Å². The van der Waals surface area contributed by atoms with Gasteiger partial charge in [-0.25, -0.2) is 0 Å². The zero-order valence-electron chi connectivity index (χ0n) is 33.7. The molecule has 11 aromatic carbocycles. The third-order valence-corrected chi connectivity index (χ3v) is 12.6. The summed E-state index contributed by atoms with van der Waals surface area (Å²) in [5.74, 6) is 0. The number of nitrogens with zero attached hydrogens (tertiary/aromatic N) is 3. The van der Waals surface area contributed by atoms with Gasteiger partial charge in [-0.2, -0.15) is 5.26 Å². The number of aromatic nitrogens is 1. The molecule has 288 valence electrons. The molecule has 3 heteroatoms. The van der Waals surface area contributed by atoms with Gasteiger partial charge in [0.2, 0.25) is 0 Å². The van der Waals surface area contributed by atoms with Crippen LogP contribution in [0.25, 0.3) is 92.8 Å². The fraction of sp³-hybridized carbons (Fsp3) is 0. The fourth-order valence-corrected chi connectivity index (χ4v) is 9.85. The molecule has 0 bridgehead atoms. The van der Waals surface area contributed by atoms with Gasteiger partial charge in [-0.05, 0) is 133 Å². The lowest BCUT2D eigenvalue weighted by molar-refractivity contribution is 1.18. The summed E-state index contributed by atoms with van der Waals surface area (Å²) in [5.41, 5.74) is 12.0. The first-order chi connectivity index (χ1) is 30.7. The van der Waals surface area contributed by atoms with Crippen molar-refractivity contribution in [3.8, 4) is 34.0 Å². The van der Waals surface area contributed by atoms with Crippen LogP contribution in [0.3, 0.4) is 0 Å². The first-order valence-electron chi connectivity index (χ1n) is 21.1. The average Bonchev–Trinajstić information content (AvgIpc) is 3.66. The van der Waals surface area contributed by atoms with Crippen molar-refractivity contribution < 1.29 is 0 Å². The van der Waals surface area contributed by atoms with Crippen LogP contribution in [0.15, 0.2) is 224 Å². The minimum Gasteiger partial charge on any atom is -0.310 e. The van der Waals surface area contributed by atoms with Gasteiger partial charge in [-0.1, -0.05) is 152 Å². The molecule has 0 radical (unpaired) electrons. The molecule has 0 N–H and O–H groups in total. The maximum Gasteiger partial charge on any atom is 0.0991 e. The molecule has 0 aliphatic heterocycles. The standard InChI is InChI=1S/C59H37N3/c60-38-39-28-31-44(32-29-39)61(55-27-13-17-41-15-5-7-21-47(41)55)45-33-35-57-54(37-45)53-36-42(30-34-56(53)62(57)43-18-2-1-3-19-43)58-49-22-8-10-24-51(49)59(52-25-11-9-23-50(52)58)48-26-12-16-40-14-4-6-20-46(40)48/h1-37H. The molecule has 0 saturated carbocycles. The summed E-state index contributed by atoms with van der Waals surface area (Å²) >= 11 is 0. The number of benzene rings is 11. The van der Waals surface area contributed by atoms with E-state index in [-0.39, 0.29) is 0 Å². The second-order valence-electron chi connectivity index (χ2n) is 16.0. The van der Waals surface area contributed by atoms with Crippen LogP contribution in [0, 0.1) is 11.3 Å². The van der Waals surface area contributed by atoms with E-state index in [1.54, 1.807) is 0 Å². The molecule has 12 rings (SSSR count). The van der Waals surface area contributed by atoms with Gasteiger partial charge in [0, 0.05) is 33.2 Å². The lowest BCUT2D eigenvalue weighted by Gasteiger charge is -2.27. The molecule has 1 heterocycles. The van der Waals surface area contributed by atoms with Crippen molar-refractivity contribution >= 4 is 82.0 Å². The van der Waals surface area contributed by atoms with Gasteiger partial charge in [-0.15, -0.1) is 0 Å². The van der Waals surface area contributed by atoms with E-state index in [0.29, 0.717) is 5.56 Å². The number of anilines is 3. The normalized spacial score (nSPS) is 11.5. The Bertz CT molecular complexity index is 3690. The maximum atomic E-state index is 9.72. The molecule has 0 aliphatic carbocycles. The summed E-state index contributed by atoms with van der Waals surface area (Å²) in [6.45, 7) is 0. The number of nitriles is 1. The summed E-state index contributed by atoms with van der Waals surface area (Å²) in [5, 5.41) is 21.8. The molecule has 0 atom stereocenters. The Hall–Kier alpha value is -8.45. The zero-order valence-corrected chi connectivity index (χ0v) is 33.7. The summed E-state index contributed by atoms with van der Waals surface area (Å²) in [6.07, 6.45) is 0. The van der Waals surface area contributed by atoms with Crippen LogP contribution in [0.4, 0.5) is 17.1 Å². The highest BCUT2D eigenvalue weighted by Crippen LogP contribution is 2.47. The molecule has 0 saturated heterocycles. The molecular weight excluding hydrogens is 751 g/mol. The van der Waals surface area contributed by atoms with E-state index >= 15 is 0 Å². The van der Waals surface area contributed by atoms with Gasteiger partial charge in [0.25, 0.3) is 0 Å². The van der Waals surface area contributed by atoms with E-state index in [0.717, 1.165) is 44.6 Å². The topological polar surface area (TPSA) is 32.0 Å². The Morgan fingerprint density at radius 3 is 1.56 bits per heavy atom. The van der Waals surface area contributed by atoms with Crippen molar-refractivity contribution in [3.63, 3.8) is 0 Å². The van der Waals surface area contributed by atoms with Crippen molar-refractivity contribution in [2.45, 2.75) is 0 Å². The van der Waals surface area contributed by atoms with Crippen molar-refractivity contribution in [2.75, 3.05) is 4.90 Å². The molecule has 3 nitrogen and oxygen atoms in total. The van der Waals surface area contributed by atoms with E-state index in [1.165, 1.54) is 65.3 Å². The van der Waals surface area contributed by atoms with Crippen LogP contribution in [0.5, 0.6) is 0 Å². The van der Waals surface area contributed by atoms with E-state index in [2.05, 4.69) is 216 Å². The highest BCUT2D eigenvalue weighted by Gasteiger charge is 2.22. The molecule has 0 spiro atoms. The smallest absolute Gasteiger partial charge is 0.0991 e. The molecule has 0 fully saturated rings. The SMILES string of the molecule is N#Cc1ccc(N(c2ccc3c(c2)c2cc(-c4c5ccccc5c(-c5cccc6ccccc56)c5ccccc45)ccc2n3-c2ccccc2)c2cccc3ccccc23)cc1. The summed E-state index contributed by atoms with van der Waals surface area (Å²) in [4.78, 5) is 2.32. The van der Waals surface area contributed by atoms with Crippen LogP contribution in [-0.4, -0.2) is 4.57 Å². The third kappa shape index (κ3) is 5.59. The number of para-hydroxylation sites is 1. The van der Waals surface area contributed by atoms with Crippen molar-refractivity contribution in [1.29, 1.82) is 5.26 Å². The van der Waals surface area contributed by atoms with E-state index < -0.39 is 0 Å². The minimum absolute atomic E-state index is 0.630. The van der Waals surface area contributed by atoms with Gasteiger partial charge < -0.3 is 9.47 Å². The predicted octanol–water partition coefficient (Wildman–Crippen LogP) is 16.1. The summed E-state index contributed by atoms with van der Waals surface area (Å²) in [6, 6.07) is 83.0. The highest BCUT2D eigenvalue weighted by molar-refractivity contribution is 6.24. The lowest BCUT2D eigenvalue weighted by atomic mass is 9.84. The first kappa shape index (κ1) is 35.5. The molecule has 62 heavy (non-hydrogen) atoms.